The summed E-state index contributed by atoms with van der Waals surface area (Å²) in [5, 5.41) is 0. The summed E-state index contributed by atoms with van der Waals surface area (Å²) in [6, 6.07) is 0. The lowest BCUT2D eigenvalue weighted by Crippen LogP contribution is -2.09. The van der Waals surface area contributed by atoms with Crippen molar-refractivity contribution in [1.29, 1.82) is 0 Å². The van der Waals surface area contributed by atoms with Crippen molar-refractivity contribution >= 4 is 0 Å². The van der Waals surface area contributed by atoms with Gasteiger partial charge >= 0.3 is 0 Å². The van der Waals surface area contributed by atoms with E-state index in [1.54, 1.807) is 0 Å². The van der Waals surface area contributed by atoms with E-state index < -0.39 is 0 Å². The van der Waals surface area contributed by atoms with Gasteiger partial charge in [0.1, 0.15) is 0 Å². The number of rotatable bonds is 2. The molecule has 0 aromatic rings. The van der Waals surface area contributed by atoms with Crippen molar-refractivity contribution in [2.24, 2.45) is 5.92 Å². The minimum Gasteiger partial charge on any atom is -0.0651 e. The molecular weight excluding hydrogens is 168 g/mol. The number of hydrogen-bond acceptors (Lipinski definition) is 0. The van der Waals surface area contributed by atoms with E-state index in [2.05, 4.69) is 13.8 Å². The quantitative estimate of drug-likeness (QED) is 0.573. The zero-order valence-electron chi connectivity index (χ0n) is 10.1. The van der Waals surface area contributed by atoms with Gasteiger partial charge in [-0.25, -0.2) is 0 Å². The van der Waals surface area contributed by atoms with E-state index in [1.807, 2.05) is 5.92 Å². The maximum atomic E-state index is 2.42. The second-order valence-corrected chi connectivity index (χ2v) is 4.94. The van der Waals surface area contributed by atoms with Gasteiger partial charge < -0.3 is 0 Å². The Morgan fingerprint density at radius 1 is 0.857 bits per heavy atom. The summed E-state index contributed by atoms with van der Waals surface area (Å²) in [5.74, 6) is 2.75. The monoisotopic (exact) mass is 195 g/mol. The van der Waals surface area contributed by atoms with E-state index in [1.165, 1.54) is 64.2 Å². The first-order valence-corrected chi connectivity index (χ1v) is 6.69. The Hall–Kier alpha value is 0. The molecule has 0 amide bonds. The summed E-state index contributed by atoms with van der Waals surface area (Å²) < 4.78 is 0. The van der Waals surface area contributed by atoms with E-state index in [4.69, 9.17) is 0 Å². The van der Waals surface area contributed by atoms with Crippen LogP contribution in [0.1, 0.15) is 78.1 Å². The van der Waals surface area contributed by atoms with Gasteiger partial charge in [-0.3, -0.25) is 0 Å². The molecule has 1 aliphatic carbocycles. The van der Waals surface area contributed by atoms with Crippen molar-refractivity contribution in [2.75, 3.05) is 0 Å². The van der Waals surface area contributed by atoms with Crippen LogP contribution in [0.3, 0.4) is 0 Å². The summed E-state index contributed by atoms with van der Waals surface area (Å²) in [7, 11) is 0. The summed E-state index contributed by atoms with van der Waals surface area (Å²) in [4.78, 5) is 0. The molecule has 1 radical (unpaired) electrons. The molecule has 1 rings (SSSR count). The maximum absolute atomic E-state index is 2.42. The maximum Gasteiger partial charge on any atom is -0.0213 e. The zero-order chi connectivity index (χ0) is 10.2. The molecule has 0 aromatic heterocycles. The smallest absolute Gasteiger partial charge is 0.0213 e. The topological polar surface area (TPSA) is 0 Å². The second kappa shape index (κ2) is 7.31. The molecule has 0 aromatic carbocycles. The highest BCUT2D eigenvalue weighted by Gasteiger charge is 2.16. The fourth-order valence-corrected chi connectivity index (χ4v) is 2.49. The van der Waals surface area contributed by atoms with Crippen LogP contribution < -0.4 is 0 Å². The Labute approximate surface area is 90.5 Å². The van der Waals surface area contributed by atoms with Crippen LogP contribution in [0.5, 0.6) is 0 Å². The van der Waals surface area contributed by atoms with Gasteiger partial charge in [-0.2, -0.15) is 0 Å². The third-order valence-corrected chi connectivity index (χ3v) is 3.81. The molecule has 1 saturated carbocycles. The van der Waals surface area contributed by atoms with Crippen LogP contribution in [0, 0.1) is 11.8 Å². The molecule has 0 heterocycles. The molecule has 83 valence electrons. The Morgan fingerprint density at radius 3 is 1.71 bits per heavy atom. The SMILES string of the molecule is CCC(C)[C]1CCCCCCCCC1. The highest BCUT2D eigenvalue weighted by atomic mass is 14.2. The molecular formula is C14H27. The zero-order valence-corrected chi connectivity index (χ0v) is 10.1. The Kier molecular flexibility index (Phi) is 6.31. The molecule has 1 fully saturated rings. The van der Waals surface area contributed by atoms with E-state index in [-0.39, 0.29) is 0 Å². The van der Waals surface area contributed by atoms with Crippen LogP contribution in [0.25, 0.3) is 0 Å². The van der Waals surface area contributed by atoms with Gasteiger partial charge in [-0.15, -0.1) is 0 Å². The lowest BCUT2D eigenvalue weighted by atomic mass is 9.82. The molecule has 0 spiro atoms. The summed E-state index contributed by atoms with van der Waals surface area (Å²) in [6.45, 7) is 4.75. The van der Waals surface area contributed by atoms with Crippen LogP contribution in [0.2, 0.25) is 0 Å². The second-order valence-electron chi connectivity index (χ2n) is 4.94. The van der Waals surface area contributed by atoms with Crippen LogP contribution in [-0.2, 0) is 0 Å². The Balaban J connectivity index is 2.30. The Bertz CT molecular complexity index is 118. The molecule has 14 heavy (non-hydrogen) atoms. The van der Waals surface area contributed by atoms with Crippen molar-refractivity contribution in [2.45, 2.75) is 78.1 Å². The molecule has 0 N–H and O–H groups in total. The lowest BCUT2D eigenvalue weighted by Gasteiger charge is -2.23. The van der Waals surface area contributed by atoms with Crippen LogP contribution in [0.15, 0.2) is 0 Å². The van der Waals surface area contributed by atoms with Crippen molar-refractivity contribution in [3.8, 4) is 0 Å². The van der Waals surface area contributed by atoms with Gasteiger partial charge in [0.25, 0.3) is 0 Å². The van der Waals surface area contributed by atoms with Gasteiger partial charge in [-0.1, -0.05) is 65.2 Å². The third-order valence-electron chi connectivity index (χ3n) is 3.81. The average Bonchev–Trinajstić information content (AvgIpc) is 2.24. The summed E-state index contributed by atoms with van der Waals surface area (Å²) in [6.07, 6.45) is 14.5. The van der Waals surface area contributed by atoms with E-state index in [0.29, 0.717) is 0 Å². The highest BCUT2D eigenvalue weighted by molar-refractivity contribution is 4.94. The van der Waals surface area contributed by atoms with Gasteiger partial charge in [0.2, 0.25) is 0 Å². The van der Waals surface area contributed by atoms with Gasteiger partial charge in [0, 0.05) is 0 Å². The first-order chi connectivity index (χ1) is 6.84. The highest BCUT2D eigenvalue weighted by Crippen LogP contribution is 2.30. The van der Waals surface area contributed by atoms with Crippen molar-refractivity contribution in [1.82, 2.24) is 0 Å². The average molecular weight is 195 g/mol. The largest absolute Gasteiger partial charge is 0.0651 e. The fourth-order valence-electron chi connectivity index (χ4n) is 2.49. The van der Waals surface area contributed by atoms with Crippen LogP contribution in [-0.4, -0.2) is 0 Å². The van der Waals surface area contributed by atoms with Gasteiger partial charge in [-0.05, 0) is 24.7 Å². The van der Waals surface area contributed by atoms with Crippen molar-refractivity contribution < 1.29 is 0 Å². The van der Waals surface area contributed by atoms with Gasteiger partial charge in [0.15, 0.2) is 0 Å². The molecule has 0 nitrogen and oxygen atoms in total. The van der Waals surface area contributed by atoms with Crippen molar-refractivity contribution in [3.05, 3.63) is 5.92 Å². The molecule has 0 heteroatoms. The molecule has 1 atom stereocenters. The summed E-state index contributed by atoms with van der Waals surface area (Å²) in [5.41, 5.74) is 0. The molecule has 0 aliphatic heterocycles. The molecule has 1 unspecified atom stereocenters. The minimum atomic E-state index is 0.884. The molecule has 0 bridgehead atoms. The standard InChI is InChI=1S/C14H27/c1-3-13(2)14-11-9-7-5-4-6-8-10-12-14/h13H,3-12H2,1-2H3. The third kappa shape index (κ3) is 4.48. The fraction of sp³-hybridized carbons (Fsp3) is 0.929. The first kappa shape index (κ1) is 12.1. The minimum absolute atomic E-state index is 0.884. The van der Waals surface area contributed by atoms with Gasteiger partial charge in [0.05, 0.1) is 0 Å². The van der Waals surface area contributed by atoms with Crippen LogP contribution in [0.4, 0.5) is 0 Å². The first-order valence-electron chi connectivity index (χ1n) is 6.69. The Morgan fingerprint density at radius 2 is 1.29 bits per heavy atom. The molecule has 1 aliphatic rings. The summed E-state index contributed by atoms with van der Waals surface area (Å²) >= 11 is 0. The lowest BCUT2D eigenvalue weighted by molar-refractivity contribution is 0.445. The molecule has 0 saturated heterocycles. The normalized spacial score (nSPS) is 24.4. The van der Waals surface area contributed by atoms with E-state index in [9.17, 15) is 0 Å². The van der Waals surface area contributed by atoms with Crippen molar-refractivity contribution in [3.63, 3.8) is 0 Å². The number of hydrogen-bond donors (Lipinski definition) is 0. The predicted molar refractivity (Wildman–Crippen MR) is 64.3 cm³/mol. The van der Waals surface area contributed by atoms with E-state index in [0.717, 1.165) is 5.92 Å². The van der Waals surface area contributed by atoms with Crippen LogP contribution >= 0.6 is 0 Å². The predicted octanol–water partition coefficient (Wildman–Crippen LogP) is 5.13. The van der Waals surface area contributed by atoms with E-state index >= 15 is 0 Å².